The van der Waals surface area contributed by atoms with E-state index in [0.717, 1.165) is 37.1 Å². The Bertz CT molecular complexity index is 746. The number of rotatable bonds is 6. The third-order valence-electron chi connectivity index (χ3n) is 4.72. The van der Waals surface area contributed by atoms with Gasteiger partial charge < -0.3 is 19.1 Å². The van der Waals surface area contributed by atoms with Crippen LogP contribution in [0.5, 0.6) is 17.2 Å². The highest BCUT2D eigenvalue weighted by Crippen LogP contribution is 2.33. The van der Waals surface area contributed by atoms with Crippen LogP contribution >= 0.6 is 0 Å². The van der Waals surface area contributed by atoms with Gasteiger partial charge in [-0.25, -0.2) is 0 Å². The summed E-state index contributed by atoms with van der Waals surface area (Å²) in [7, 11) is 3.25. The van der Waals surface area contributed by atoms with E-state index in [1.54, 1.807) is 14.2 Å². The first-order chi connectivity index (χ1) is 12.7. The summed E-state index contributed by atoms with van der Waals surface area (Å²) in [5.41, 5.74) is 1.11. The summed E-state index contributed by atoms with van der Waals surface area (Å²) in [6, 6.07) is 15.4. The van der Waals surface area contributed by atoms with E-state index in [2.05, 4.69) is 6.07 Å². The number of piperidine rings is 1. The summed E-state index contributed by atoms with van der Waals surface area (Å²) in [6.45, 7) is 0.747. The Morgan fingerprint density at radius 3 is 2.62 bits per heavy atom. The topological polar surface area (TPSA) is 48.0 Å². The molecule has 5 nitrogen and oxygen atoms in total. The molecule has 1 aliphatic heterocycles. The number of nitrogens with zero attached hydrogens (tertiary/aromatic N) is 1. The van der Waals surface area contributed by atoms with Crippen LogP contribution < -0.4 is 14.2 Å². The smallest absolute Gasteiger partial charge is 0.261 e. The maximum absolute atomic E-state index is 12.8. The molecule has 0 aromatic heterocycles. The first kappa shape index (κ1) is 18.1. The molecule has 1 heterocycles. The lowest BCUT2D eigenvalue weighted by molar-refractivity contribution is -0.137. The van der Waals surface area contributed by atoms with Crippen LogP contribution in [0.15, 0.2) is 48.5 Å². The molecule has 138 valence electrons. The second-order valence-corrected chi connectivity index (χ2v) is 6.31. The quantitative estimate of drug-likeness (QED) is 0.790. The molecule has 1 saturated heterocycles. The van der Waals surface area contributed by atoms with E-state index in [1.807, 2.05) is 47.4 Å². The number of ether oxygens (including phenoxy) is 3. The van der Waals surface area contributed by atoms with Crippen LogP contribution in [0.25, 0.3) is 0 Å². The van der Waals surface area contributed by atoms with Gasteiger partial charge in [-0.1, -0.05) is 24.3 Å². The van der Waals surface area contributed by atoms with Crippen molar-refractivity contribution in [3.63, 3.8) is 0 Å². The lowest BCUT2D eigenvalue weighted by Gasteiger charge is -2.36. The molecule has 0 N–H and O–H groups in total. The van der Waals surface area contributed by atoms with Crippen LogP contribution in [-0.2, 0) is 4.79 Å². The summed E-state index contributed by atoms with van der Waals surface area (Å²) in [6.07, 6.45) is 3.08. The van der Waals surface area contributed by atoms with Crippen molar-refractivity contribution in [2.24, 2.45) is 0 Å². The van der Waals surface area contributed by atoms with E-state index >= 15 is 0 Å². The van der Waals surface area contributed by atoms with Gasteiger partial charge in [-0.15, -0.1) is 0 Å². The Morgan fingerprint density at radius 1 is 1.04 bits per heavy atom. The Labute approximate surface area is 154 Å². The SMILES string of the molecule is COc1cccc(C2CCCCN2C(=O)COc2ccccc2OC)c1. The van der Waals surface area contributed by atoms with Crippen LogP contribution in [0.3, 0.4) is 0 Å². The lowest BCUT2D eigenvalue weighted by atomic mass is 9.95. The molecular formula is C21H25NO4. The number of hydrogen-bond acceptors (Lipinski definition) is 4. The third kappa shape index (κ3) is 4.10. The zero-order valence-corrected chi connectivity index (χ0v) is 15.3. The number of likely N-dealkylation sites (tertiary alicyclic amines) is 1. The number of para-hydroxylation sites is 2. The average Bonchev–Trinajstić information content (AvgIpc) is 2.72. The van der Waals surface area contributed by atoms with E-state index in [9.17, 15) is 4.79 Å². The number of carbonyl (C=O) groups is 1. The second kappa shape index (κ2) is 8.61. The standard InChI is InChI=1S/C21H25NO4/c1-24-17-9-7-8-16(14-17)18-10-5-6-13-22(18)21(23)15-26-20-12-4-3-11-19(20)25-2/h3-4,7-9,11-12,14,18H,5-6,10,13,15H2,1-2H3. The number of amides is 1. The number of hydrogen-bond donors (Lipinski definition) is 0. The average molecular weight is 355 g/mol. The predicted molar refractivity (Wildman–Crippen MR) is 99.8 cm³/mol. The fraction of sp³-hybridized carbons (Fsp3) is 0.381. The minimum atomic E-state index is -0.0107. The van der Waals surface area contributed by atoms with Crippen LogP contribution in [0.4, 0.5) is 0 Å². The van der Waals surface area contributed by atoms with E-state index in [-0.39, 0.29) is 18.6 Å². The molecule has 2 aromatic carbocycles. The van der Waals surface area contributed by atoms with E-state index in [1.165, 1.54) is 0 Å². The predicted octanol–water partition coefficient (Wildman–Crippen LogP) is 3.84. The fourth-order valence-corrected chi connectivity index (χ4v) is 3.39. The molecule has 5 heteroatoms. The molecule has 2 aromatic rings. The minimum Gasteiger partial charge on any atom is -0.497 e. The molecule has 1 amide bonds. The first-order valence-electron chi connectivity index (χ1n) is 8.92. The van der Waals surface area contributed by atoms with Gasteiger partial charge in [0.1, 0.15) is 5.75 Å². The Kier molecular flexibility index (Phi) is 6.00. The number of benzene rings is 2. The molecule has 0 aliphatic carbocycles. The molecule has 1 unspecified atom stereocenters. The highest BCUT2D eigenvalue weighted by molar-refractivity contribution is 5.78. The highest BCUT2D eigenvalue weighted by Gasteiger charge is 2.28. The third-order valence-corrected chi connectivity index (χ3v) is 4.72. The largest absolute Gasteiger partial charge is 0.497 e. The zero-order valence-electron chi connectivity index (χ0n) is 15.3. The van der Waals surface area contributed by atoms with Gasteiger partial charge >= 0.3 is 0 Å². The molecule has 1 atom stereocenters. The Morgan fingerprint density at radius 2 is 1.85 bits per heavy atom. The second-order valence-electron chi connectivity index (χ2n) is 6.31. The van der Waals surface area contributed by atoms with Crippen LogP contribution in [0, 0.1) is 0 Å². The molecule has 0 saturated carbocycles. The highest BCUT2D eigenvalue weighted by atomic mass is 16.5. The van der Waals surface area contributed by atoms with Crippen molar-refractivity contribution in [1.29, 1.82) is 0 Å². The zero-order chi connectivity index (χ0) is 18.4. The molecule has 1 fully saturated rings. The monoisotopic (exact) mass is 355 g/mol. The van der Waals surface area contributed by atoms with Crippen LogP contribution in [0.2, 0.25) is 0 Å². The van der Waals surface area contributed by atoms with Gasteiger partial charge in [-0.2, -0.15) is 0 Å². The molecular weight excluding hydrogens is 330 g/mol. The number of carbonyl (C=O) groups excluding carboxylic acids is 1. The van der Waals surface area contributed by atoms with Gasteiger partial charge in [0, 0.05) is 6.54 Å². The minimum absolute atomic E-state index is 0.000835. The fourth-order valence-electron chi connectivity index (χ4n) is 3.39. The molecule has 0 radical (unpaired) electrons. The maximum atomic E-state index is 12.8. The molecule has 0 bridgehead atoms. The Balaban J connectivity index is 1.71. The van der Waals surface area contributed by atoms with Crippen molar-refractivity contribution >= 4 is 5.91 Å². The molecule has 26 heavy (non-hydrogen) atoms. The van der Waals surface area contributed by atoms with E-state index in [0.29, 0.717) is 11.5 Å². The van der Waals surface area contributed by atoms with Crippen molar-refractivity contribution in [3.05, 3.63) is 54.1 Å². The normalized spacial score (nSPS) is 16.8. The van der Waals surface area contributed by atoms with Crippen molar-refractivity contribution in [1.82, 2.24) is 4.90 Å². The van der Waals surface area contributed by atoms with E-state index < -0.39 is 0 Å². The molecule has 1 aliphatic rings. The van der Waals surface area contributed by atoms with Crippen LogP contribution in [0.1, 0.15) is 30.9 Å². The summed E-state index contributed by atoms with van der Waals surface area (Å²) in [5, 5.41) is 0. The Hall–Kier alpha value is -2.69. The summed E-state index contributed by atoms with van der Waals surface area (Å²) in [4.78, 5) is 14.8. The van der Waals surface area contributed by atoms with Gasteiger partial charge in [-0.05, 0) is 49.1 Å². The van der Waals surface area contributed by atoms with Crippen LogP contribution in [-0.4, -0.2) is 38.2 Å². The van der Waals surface area contributed by atoms with Gasteiger partial charge in [0.15, 0.2) is 18.1 Å². The van der Waals surface area contributed by atoms with Crippen molar-refractivity contribution in [2.45, 2.75) is 25.3 Å². The van der Waals surface area contributed by atoms with Crippen molar-refractivity contribution < 1.29 is 19.0 Å². The number of methoxy groups -OCH3 is 2. The first-order valence-corrected chi connectivity index (χ1v) is 8.92. The lowest BCUT2D eigenvalue weighted by Crippen LogP contribution is -2.41. The molecule has 3 rings (SSSR count). The van der Waals surface area contributed by atoms with Gasteiger partial charge in [0.2, 0.25) is 0 Å². The summed E-state index contributed by atoms with van der Waals surface area (Å²) >= 11 is 0. The van der Waals surface area contributed by atoms with E-state index in [4.69, 9.17) is 14.2 Å². The van der Waals surface area contributed by atoms with Gasteiger partial charge in [-0.3, -0.25) is 4.79 Å². The van der Waals surface area contributed by atoms with Crippen molar-refractivity contribution in [3.8, 4) is 17.2 Å². The molecule has 0 spiro atoms. The summed E-state index contributed by atoms with van der Waals surface area (Å²) < 4.78 is 16.3. The van der Waals surface area contributed by atoms with Crippen molar-refractivity contribution in [2.75, 3.05) is 27.4 Å². The maximum Gasteiger partial charge on any atom is 0.261 e. The van der Waals surface area contributed by atoms with Gasteiger partial charge in [0.05, 0.1) is 20.3 Å². The van der Waals surface area contributed by atoms with Gasteiger partial charge in [0.25, 0.3) is 5.91 Å². The summed E-state index contributed by atoms with van der Waals surface area (Å²) in [5.74, 6) is 2.01.